The molecule has 4 aromatic rings. The summed E-state index contributed by atoms with van der Waals surface area (Å²) in [6.07, 6.45) is 0. The molecule has 4 aromatic carbocycles. The molecule has 3 N–H and O–H groups in total. The Bertz CT molecular complexity index is 1330. The van der Waals surface area contributed by atoms with Crippen molar-refractivity contribution in [3.05, 3.63) is 143 Å². The lowest BCUT2D eigenvalue weighted by molar-refractivity contribution is -0.149. The number of benzene rings is 4. The van der Waals surface area contributed by atoms with E-state index in [1.807, 2.05) is 74.5 Å². The van der Waals surface area contributed by atoms with Crippen molar-refractivity contribution in [2.45, 2.75) is 19.8 Å². The highest BCUT2D eigenvalue weighted by Crippen LogP contribution is 2.27. The zero-order valence-electron chi connectivity index (χ0n) is 20.7. The number of nitrogens with two attached hydrogens (primary N) is 1. The van der Waals surface area contributed by atoms with E-state index in [9.17, 15) is 14.4 Å². The van der Waals surface area contributed by atoms with Gasteiger partial charge in [-0.05, 0) is 49.2 Å². The van der Waals surface area contributed by atoms with Crippen LogP contribution in [0, 0.1) is 13.8 Å². The molecule has 7 nitrogen and oxygen atoms in total. The maximum Gasteiger partial charge on any atom is 0.293 e. The molecule has 0 aliphatic rings. The number of carbonyl (C=O) groups excluding carboxylic acids is 3. The number of hydrazine groups is 3. The predicted molar refractivity (Wildman–Crippen MR) is 142 cm³/mol. The van der Waals surface area contributed by atoms with E-state index < -0.39 is 23.6 Å². The van der Waals surface area contributed by atoms with Crippen LogP contribution in [0.15, 0.2) is 109 Å². The lowest BCUT2D eigenvalue weighted by Gasteiger charge is -2.33. The molecule has 0 aliphatic heterocycles. The minimum Gasteiger partial charge on any atom is -0.270 e. The molecule has 0 aromatic heterocycles. The van der Waals surface area contributed by atoms with Gasteiger partial charge in [-0.15, -0.1) is 5.12 Å². The number of carbonyl (C=O) groups is 3. The molecule has 0 spiro atoms. The van der Waals surface area contributed by atoms with Gasteiger partial charge in [-0.2, -0.15) is 5.12 Å². The van der Waals surface area contributed by atoms with Crippen molar-refractivity contribution >= 4 is 17.7 Å². The highest BCUT2D eigenvalue weighted by Gasteiger charge is 2.33. The molecule has 0 fully saturated rings. The van der Waals surface area contributed by atoms with E-state index in [2.05, 4.69) is 5.43 Å². The molecule has 0 aliphatic carbocycles. The Morgan fingerprint density at radius 3 is 1.54 bits per heavy atom. The van der Waals surface area contributed by atoms with Crippen LogP contribution in [0.25, 0.3) is 0 Å². The minimum absolute atomic E-state index is 0.258. The largest absolute Gasteiger partial charge is 0.293 e. The average molecular weight is 493 g/mol. The Hall–Kier alpha value is -4.75. The number of nitrogens with zero attached hydrogens (tertiary/aromatic N) is 2. The van der Waals surface area contributed by atoms with Crippen molar-refractivity contribution in [2.75, 3.05) is 0 Å². The van der Waals surface area contributed by atoms with E-state index >= 15 is 0 Å². The summed E-state index contributed by atoms with van der Waals surface area (Å²) < 4.78 is 0. The summed E-state index contributed by atoms with van der Waals surface area (Å²) in [7, 11) is 0. The summed E-state index contributed by atoms with van der Waals surface area (Å²) in [4.78, 5) is 40.5. The summed E-state index contributed by atoms with van der Waals surface area (Å²) in [5.41, 5.74) is 6.43. The monoisotopic (exact) mass is 492 g/mol. The lowest BCUT2D eigenvalue weighted by Crippen LogP contribution is -2.62. The van der Waals surface area contributed by atoms with Gasteiger partial charge in [0.05, 0.1) is 5.92 Å². The Morgan fingerprint density at radius 1 is 0.649 bits per heavy atom. The smallest absolute Gasteiger partial charge is 0.270 e. The zero-order valence-corrected chi connectivity index (χ0v) is 20.7. The van der Waals surface area contributed by atoms with Crippen LogP contribution in [0.4, 0.5) is 0 Å². The molecule has 0 unspecified atom stereocenters. The molecular formula is C30H28N4O3. The van der Waals surface area contributed by atoms with E-state index in [-0.39, 0.29) is 5.56 Å². The number of aryl methyl sites for hydroxylation is 2. The van der Waals surface area contributed by atoms with E-state index in [4.69, 9.17) is 5.84 Å². The quantitative estimate of drug-likeness (QED) is 0.243. The topological polar surface area (TPSA) is 95.7 Å². The Balaban J connectivity index is 1.72. The summed E-state index contributed by atoms with van der Waals surface area (Å²) in [5, 5.41) is 1.45. The summed E-state index contributed by atoms with van der Waals surface area (Å²) in [5.74, 6) is 3.69. The maximum absolute atomic E-state index is 13.9. The molecule has 0 atom stereocenters. The first-order valence-corrected chi connectivity index (χ1v) is 11.8. The first-order valence-electron chi connectivity index (χ1n) is 11.8. The van der Waals surface area contributed by atoms with Crippen molar-refractivity contribution in [1.29, 1.82) is 0 Å². The van der Waals surface area contributed by atoms with Gasteiger partial charge in [0.15, 0.2) is 0 Å². The average Bonchev–Trinajstić information content (AvgIpc) is 2.93. The number of rotatable bonds is 5. The fraction of sp³-hybridized carbons (Fsp3) is 0.100. The molecule has 7 heteroatoms. The molecule has 0 bridgehead atoms. The van der Waals surface area contributed by atoms with Crippen LogP contribution in [0.2, 0.25) is 0 Å². The summed E-state index contributed by atoms with van der Waals surface area (Å²) in [6, 6.07) is 31.9. The third-order valence-corrected chi connectivity index (χ3v) is 5.97. The van der Waals surface area contributed by atoms with Crippen LogP contribution in [-0.2, 0) is 4.79 Å². The van der Waals surface area contributed by atoms with Crippen LogP contribution in [0.3, 0.4) is 0 Å². The zero-order chi connectivity index (χ0) is 26.4. The van der Waals surface area contributed by atoms with Gasteiger partial charge in [0.25, 0.3) is 17.7 Å². The van der Waals surface area contributed by atoms with E-state index in [0.717, 1.165) is 16.2 Å². The van der Waals surface area contributed by atoms with E-state index in [1.165, 1.54) is 0 Å². The first kappa shape index (κ1) is 25.3. The second-order valence-electron chi connectivity index (χ2n) is 8.73. The number of hydrogen-bond donors (Lipinski definition) is 2. The normalized spacial score (nSPS) is 10.6. The summed E-state index contributed by atoms with van der Waals surface area (Å²) in [6.45, 7) is 3.80. The van der Waals surface area contributed by atoms with Gasteiger partial charge in [-0.1, -0.05) is 96.1 Å². The molecule has 3 amide bonds. The SMILES string of the molecule is Cc1ccc(C(=O)NN(C(=O)c2ccc(C)cc2)N(N)C(=O)C(c2ccccc2)c2ccccc2)cc1. The molecule has 0 saturated carbocycles. The van der Waals surface area contributed by atoms with Gasteiger partial charge < -0.3 is 0 Å². The lowest BCUT2D eigenvalue weighted by atomic mass is 9.90. The number of hydrogen-bond acceptors (Lipinski definition) is 4. The highest BCUT2D eigenvalue weighted by atomic mass is 16.2. The first-order chi connectivity index (χ1) is 17.8. The van der Waals surface area contributed by atoms with Crippen LogP contribution in [0.5, 0.6) is 0 Å². The second-order valence-corrected chi connectivity index (χ2v) is 8.73. The van der Waals surface area contributed by atoms with Gasteiger partial charge in [0.2, 0.25) is 0 Å². The van der Waals surface area contributed by atoms with Crippen LogP contribution >= 0.6 is 0 Å². The van der Waals surface area contributed by atoms with Crippen molar-refractivity contribution in [2.24, 2.45) is 5.84 Å². The Kier molecular flexibility index (Phi) is 7.76. The van der Waals surface area contributed by atoms with Crippen molar-refractivity contribution in [1.82, 2.24) is 15.7 Å². The third-order valence-electron chi connectivity index (χ3n) is 5.97. The van der Waals surface area contributed by atoms with Crippen molar-refractivity contribution in [3.63, 3.8) is 0 Å². The molecule has 4 rings (SSSR count). The van der Waals surface area contributed by atoms with Gasteiger partial charge in [-0.25, -0.2) is 11.3 Å². The van der Waals surface area contributed by atoms with Gasteiger partial charge >= 0.3 is 0 Å². The van der Waals surface area contributed by atoms with Crippen LogP contribution in [-0.4, -0.2) is 28.0 Å². The van der Waals surface area contributed by atoms with Crippen molar-refractivity contribution < 1.29 is 14.4 Å². The standard InChI is InChI=1S/C30H28N4O3/c1-21-13-17-25(18-14-21)28(35)32-34(29(36)26-19-15-22(2)16-20-26)33(31)30(37)27(23-9-5-3-6-10-23)24-11-7-4-8-12-24/h3-20,27H,31H2,1-2H3,(H,32,35). The molecule has 0 heterocycles. The molecule has 0 radical (unpaired) electrons. The minimum atomic E-state index is -0.808. The van der Waals surface area contributed by atoms with Crippen LogP contribution < -0.4 is 11.3 Å². The van der Waals surface area contributed by atoms with Crippen LogP contribution in [0.1, 0.15) is 48.9 Å². The van der Waals surface area contributed by atoms with E-state index in [1.54, 1.807) is 48.5 Å². The molecule has 0 saturated heterocycles. The molecule has 186 valence electrons. The number of nitrogens with one attached hydrogen (secondary N) is 1. The van der Waals surface area contributed by atoms with Crippen molar-refractivity contribution in [3.8, 4) is 0 Å². The second kappa shape index (κ2) is 11.3. The summed E-state index contributed by atoms with van der Waals surface area (Å²) >= 11 is 0. The molecular weight excluding hydrogens is 464 g/mol. The fourth-order valence-corrected chi connectivity index (χ4v) is 3.89. The van der Waals surface area contributed by atoms with E-state index in [0.29, 0.717) is 21.8 Å². The Morgan fingerprint density at radius 2 is 1.08 bits per heavy atom. The number of amides is 3. The predicted octanol–water partition coefficient (Wildman–Crippen LogP) is 4.54. The highest BCUT2D eigenvalue weighted by molar-refractivity contribution is 6.00. The third kappa shape index (κ3) is 5.91. The van der Waals surface area contributed by atoms with Gasteiger partial charge in [-0.3, -0.25) is 14.4 Å². The fourth-order valence-electron chi connectivity index (χ4n) is 3.89. The molecule has 37 heavy (non-hydrogen) atoms. The Labute approximate surface area is 216 Å². The van der Waals surface area contributed by atoms with Gasteiger partial charge in [0.1, 0.15) is 0 Å². The van der Waals surface area contributed by atoms with Gasteiger partial charge in [0, 0.05) is 11.1 Å². The maximum atomic E-state index is 13.9.